The lowest BCUT2D eigenvalue weighted by atomic mass is 10.2. The van der Waals surface area contributed by atoms with Crippen molar-refractivity contribution in [2.75, 3.05) is 0 Å². The number of azo groups is 1. The molecule has 0 saturated carbocycles. The first-order chi connectivity index (χ1) is 15.5. The zero-order valence-electron chi connectivity index (χ0n) is 16.6. The molecule has 0 aliphatic heterocycles. The van der Waals surface area contributed by atoms with Gasteiger partial charge in [-0.25, -0.2) is 0 Å². The van der Waals surface area contributed by atoms with Gasteiger partial charge in [0, 0.05) is 38.5 Å². The van der Waals surface area contributed by atoms with E-state index in [1.54, 1.807) is 6.20 Å². The number of carbonyl (C=O) groups is 1. The summed E-state index contributed by atoms with van der Waals surface area (Å²) in [6.07, 6.45) is 1.78. The minimum atomic E-state index is -0.486. The number of rotatable bonds is 4. The van der Waals surface area contributed by atoms with Gasteiger partial charge in [0.15, 0.2) is 5.69 Å². The van der Waals surface area contributed by atoms with E-state index in [0.29, 0.717) is 28.0 Å². The summed E-state index contributed by atoms with van der Waals surface area (Å²) in [6.45, 7) is 0.583. The van der Waals surface area contributed by atoms with E-state index in [4.69, 9.17) is 11.6 Å². The van der Waals surface area contributed by atoms with Crippen LogP contribution in [0.15, 0.2) is 87.6 Å². The molecule has 3 aromatic carbocycles. The normalized spacial score (nSPS) is 11.7. The molecular formula is C24H16BrClN4O2. The predicted octanol–water partition coefficient (Wildman–Crippen LogP) is 7.22. The van der Waals surface area contributed by atoms with Gasteiger partial charge < -0.3 is 14.7 Å². The molecule has 1 amide bonds. The van der Waals surface area contributed by atoms with Gasteiger partial charge in [-0.15, -0.1) is 10.2 Å². The van der Waals surface area contributed by atoms with Gasteiger partial charge in [-0.05, 0) is 42.0 Å². The molecule has 2 N–H and O–H groups in total. The maximum absolute atomic E-state index is 13.0. The molecule has 2 aromatic heterocycles. The first-order valence-electron chi connectivity index (χ1n) is 9.78. The van der Waals surface area contributed by atoms with E-state index in [9.17, 15) is 9.90 Å². The lowest BCUT2D eigenvalue weighted by Crippen LogP contribution is -1.98. The van der Waals surface area contributed by atoms with E-state index >= 15 is 0 Å². The first kappa shape index (κ1) is 20.5. The van der Waals surface area contributed by atoms with Crippen molar-refractivity contribution in [1.29, 1.82) is 0 Å². The van der Waals surface area contributed by atoms with Crippen LogP contribution in [0, 0.1) is 0 Å². The monoisotopic (exact) mass is 506 g/mol. The van der Waals surface area contributed by atoms with Gasteiger partial charge in [0.2, 0.25) is 5.88 Å². The lowest BCUT2D eigenvalue weighted by Gasteiger charge is -2.05. The number of fused-ring (bicyclic) bond motifs is 2. The Bertz CT molecular complexity index is 1500. The minimum Gasteiger partial charge on any atom is -0.493 e. The number of aromatic nitrogens is 2. The molecule has 0 fully saturated rings. The summed E-state index contributed by atoms with van der Waals surface area (Å²) in [5.41, 5.74) is 3.34. The Balaban J connectivity index is 1.51. The quantitative estimate of drug-likeness (QED) is 0.252. The summed E-state index contributed by atoms with van der Waals surface area (Å²) >= 11 is 9.40. The number of halogens is 2. The number of nitrogens with one attached hydrogen (secondary N) is 1. The topological polar surface area (TPSA) is 82.7 Å². The van der Waals surface area contributed by atoms with Crippen molar-refractivity contribution < 1.29 is 9.90 Å². The smallest absolute Gasteiger partial charge is 0.297 e. The van der Waals surface area contributed by atoms with Crippen molar-refractivity contribution in [3.05, 3.63) is 93.5 Å². The highest BCUT2D eigenvalue weighted by molar-refractivity contribution is 9.10. The number of hydrogen-bond acceptors (Lipinski definition) is 3. The molecule has 5 rings (SSSR count). The van der Waals surface area contributed by atoms with Crippen LogP contribution in [0.4, 0.5) is 5.69 Å². The van der Waals surface area contributed by atoms with Gasteiger partial charge in [-0.1, -0.05) is 57.9 Å². The molecule has 0 unspecified atom stereocenters. The highest BCUT2D eigenvalue weighted by Crippen LogP contribution is 2.37. The van der Waals surface area contributed by atoms with Crippen molar-refractivity contribution in [2.45, 2.75) is 6.54 Å². The highest BCUT2D eigenvalue weighted by atomic mass is 79.9. The number of para-hydroxylation sites is 1. The van der Waals surface area contributed by atoms with Gasteiger partial charge in [-0.3, -0.25) is 4.79 Å². The van der Waals surface area contributed by atoms with Gasteiger partial charge in [0.25, 0.3) is 5.91 Å². The summed E-state index contributed by atoms with van der Waals surface area (Å²) in [7, 11) is 0. The van der Waals surface area contributed by atoms with Crippen LogP contribution in [-0.2, 0) is 6.54 Å². The zero-order valence-corrected chi connectivity index (χ0v) is 18.9. The molecule has 2 heterocycles. The van der Waals surface area contributed by atoms with Crippen LogP contribution in [0.2, 0.25) is 5.02 Å². The Morgan fingerprint density at radius 1 is 1.06 bits per heavy atom. The van der Waals surface area contributed by atoms with Crippen molar-refractivity contribution in [3.63, 3.8) is 0 Å². The number of nitrogens with zero attached hydrogens (tertiary/aromatic N) is 3. The Morgan fingerprint density at radius 2 is 1.84 bits per heavy atom. The first-order valence-corrected chi connectivity index (χ1v) is 11.0. The molecule has 158 valence electrons. The third kappa shape index (κ3) is 3.81. The molecule has 6 nitrogen and oxygen atoms in total. The predicted molar refractivity (Wildman–Crippen MR) is 129 cm³/mol. The van der Waals surface area contributed by atoms with E-state index in [1.165, 1.54) is 0 Å². The average Bonchev–Trinajstić information content (AvgIpc) is 3.31. The van der Waals surface area contributed by atoms with Gasteiger partial charge >= 0.3 is 0 Å². The second kappa shape index (κ2) is 8.26. The molecule has 0 saturated heterocycles. The molecular weight excluding hydrogens is 492 g/mol. The third-order valence-electron chi connectivity index (χ3n) is 5.24. The van der Waals surface area contributed by atoms with E-state index < -0.39 is 5.91 Å². The van der Waals surface area contributed by atoms with Crippen LogP contribution in [0.25, 0.3) is 21.8 Å². The number of amides is 1. The van der Waals surface area contributed by atoms with Crippen LogP contribution in [0.3, 0.4) is 0 Å². The largest absolute Gasteiger partial charge is 0.493 e. The SMILES string of the molecule is O=C(N=Nc1c(O)[nH]c2ccc(Br)cc12)c1cn(Cc2ccc(Cl)cc2)c2ccccc12. The summed E-state index contributed by atoms with van der Waals surface area (Å²) < 4.78 is 2.83. The Morgan fingerprint density at radius 3 is 2.66 bits per heavy atom. The molecule has 0 spiro atoms. The maximum Gasteiger partial charge on any atom is 0.297 e. The van der Waals surface area contributed by atoms with E-state index in [-0.39, 0.29) is 11.6 Å². The Kier molecular flexibility index (Phi) is 5.28. The van der Waals surface area contributed by atoms with Gasteiger partial charge in [0.05, 0.1) is 11.1 Å². The van der Waals surface area contributed by atoms with Crippen LogP contribution in [-0.4, -0.2) is 20.6 Å². The molecule has 8 heteroatoms. The van der Waals surface area contributed by atoms with Crippen LogP contribution in [0.5, 0.6) is 5.88 Å². The summed E-state index contributed by atoms with van der Waals surface area (Å²) in [5, 5.41) is 20.3. The number of aromatic hydroxyl groups is 1. The molecule has 0 bridgehead atoms. The van der Waals surface area contributed by atoms with Crippen molar-refractivity contribution in [2.24, 2.45) is 10.2 Å². The minimum absolute atomic E-state index is 0.139. The van der Waals surface area contributed by atoms with Crippen LogP contribution < -0.4 is 0 Å². The lowest BCUT2D eigenvalue weighted by molar-refractivity contribution is 0.0996. The second-order valence-electron chi connectivity index (χ2n) is 7.33. The second-order valence-corrected chi connectivity index (χ2v) is 8.68. The summed E-state index contributed by atoms with van der Waals surface area (Å²) in [5.74, 6) is -0.625. The standard InChI is InChI=1S/C24H16BrClN4O2/c25-15-7-10-20-18(11-15)22(24(32)27-20)28-29-23(31)19-13-30(21-4-2-1-3-17(19)21)12-14-5-8-16(26)9-6-14/h1-11,13,27,32H,12H2. The highest BCUT2D eigenvalue weighted by Gasteiger charge is 2.16. The molecule has 32 heavy (non-hydrogen) atoms. The van der Waals surface area contributed by atoms with Gasteiger partial charge in [0.1, 0.15) is 0 Å². The van der Waals surface area contributed by atoms with E-state index in [0.717, 1.165) is 20.9 Å². The third-order valence-corrected chi connectivity index (χ3v) is 5.99. The average molecular weight is 508 g/mol. The molecule has 0 atom stereocenters. The molecule has 0 radical (unpaired) electrons. The Hall–Kier alpha value is -3.42. The van der Waals surface area contributed by atoms with Crippen molar-refractivity contribution in [3.8, 4) is 5.88 Å². The summed E-state index contributed by atoms with van der Waals surface area (Å²) in [4.78, 5) is 15.8. The Labute approximate surface area is 196 Å². The van der Waals surface area contributed by atoms with Crippen molar-refractivity contribution in [1.82, 2.24) is 9.55 Å². The fourth-order valence-corrected chi connectivity index (χ4v) is 4.21. The number of carbonyl (C=O) groups excluding carboxylic acids is 1. The fraction of sp³-hybridized carbons (Fsp3) is 0.0417. The fourth-order valence-electron chi connectivity index (χ4n) is 3.72. The van der Waals surface area contributed by atoms with Gasteiger partial charge in [-0.2, -0.15) is 0 Å². The van der Waals surface area contributed by atoms with Crippen LogP contribution >= 0.6 is 27.5 Å². The number of benzene rings is 3. The van der Waals surface area contributed by atoms with E-state index in [1.807, 2.05) is 71.3 Å². The molecule has 0 aliphatic carbocycles. The van der Waals surface area contributed by atoms with Crippen LogP contribution in [0.1, 0.15) is 15.9 Å². The van der Waals surface area contributed by atoms with E-state index in [2.05, 4.69) is 31.1 Å². The summed E-state index contributed by atoms with van der Waals surface area (Å²) in [6, 6.07) is 20.7. The number of hydrogen-bond donors (Lipinski definition) is 2. The van der Waals surface area contributed by atoms with Crippen molar-refractivity contribution >= 4 is 60.9 Å². The maximum atomic E-state index is 13.0. The zero-order chi connectivity index (χ0) is 22.2. The molecule has 0 aliphatic rings. The number of aromatic amines is 1. The number of H-pyrrole nitrogens is 1. The molecule has 5 aromatic rings.